The minimum absolute atomic E-state index is 0.0213. The lowest BCUT2D eigenvalue weighted by atomic mass is 9.48. The van der Waals surface area contributed by atoms with E-state index >= 15 is 0 Å². The van der Waals surface area contributed by atoms with Crippen LogP contribution in [0.1, 0.15) is 107 Å². The molecule has 1 N–H and O–H groups in total. The first-order chi connectivity index (χ1) is 20.5. The van der Waals surface area contributed by atoms with E-state index in [2.05, 4.69) is 41.5 Å². The maximum absolute atomic E-state index is 13.6. The molecule has 0 bridgehead atoms. The molecular formula is C35H56O9. The molecule has 1 heterocycles. The van der Waals surface area contributed by atoms with Crippen molar-refractivity contribution in [2.24, 2.45) is 58.2 Å². The molecule has 4 fully saturated rings. The topological polar surface area (TPSA) is 125 Å². The summed E-state index contributed by atoms with van der Waals surface area (Å²) in [7, 11) is 0. The molecule has 0 aromatic carbocycles. The van der Waals surface area contributed by atoms with Crippen LogP contribution in [0.15, 0.2) is 0 Å². The highest BCUT2D eigenvalue weighted by Gasteiger charge is 2.64. The van der Waals surface area contributed by atoms with Gasteiger partial charge in [-0.15, -0.1) is 0 Å². The number of hydrogen-bond acceptors (Lipinski definition) is 9. The van der Waals surface area contributed by atoms with Crippen LogP contribution in [-0.4, -0.2) is 60.0 Å². The van der Waals surface area contributed by atoms with Crippen molar-refractivity contribution in [2.45, 2.75) is 132 Å². The number of fused-ring (bicyclic) bond motifs is 5. The van der Waals surface area contributed by atoms with E-state index in [1.165, 1.54) is 20.8 Å². The molecule has 6 unspecified atom stereocenters. The van der Waals surface area contributed by atoms with Crippen molar-refractivity contribution in [3.8, 4) is 0 Å². The van der Waals surface area contributed by atoms with E-state index in [0.717, 1.165) is 32.1 Å². The Morgan fingerprint density at radius 2 is 1.55 bits per heavy atom. The quantitative estimate of drug-likeness (QED) is 0.263. The van der Waals surface area contributed by atoms with Crippen molar-refractivity contribution in [1.29, 1.82) is 0 Å². The van der Waals surface area contributed by atoms with Crippen LogP contribution in [0.5, 0.6) is 0 Å². The molecule has 0 radical (unpaired) electrons. The molecule has 0 aromatic heterocycles. The lowest BCUT2D eigenvalue weighted by Gasteiger charge is -2.56. The molecule has 3 saturated carbocycles. The number of esters is 4. The fourth-order valence-corrected chi connectivity index (χ4v) is 10.6. The zero-order valence-corrected chi connectivity index (χ0v) is 28.3. The van der Waals surface area contributed by atoms with Crippen LogP contribution in [0, 0.1) is 58.2 Å². The second kappa shape index (κ2) is 13.3. The van der Waals surface area contributed by atoms with Gasteiger partial charge in [0.1, 0.15) is 18.3 Å². The van der Waals surface area contributed by atoms with Gasteiger partial charge in [0.15, 0.2) is 0 Å². The van der Waals surface area contributed by atoms with Crippen molar-refractivity contribution >= 4 is 23.9 Å². The number of ether oxygens (including phenoxy) is 4. The Morgan fingerprint density at radius 1 is 0.932 bits per heavy atom. The highest BCUT2D eigenvalue weighted by atomic mass is 16.6. The second-order valence-corrected chi connectivity index (χ2v) is 15.3. The first-order valence-electron chi connectivity index (χ1n) is 16.9. The first-order valence-corrected chi connectivity index (χ1v) is 16.9. The van der Waals surface area contributed by atoms with E-state index < -0.39 is 47.7 Å². The number of rotatable bonds is 9. The van der Waals surface area contributed by atoms with E-state index in [9.17, 15) is 24.3 Å². The number of hydrogen-bond donors (Lipinski definition) is 1. The molecule has 4 aliphatic rings. The summed E-state index contributed by atoms with van der Waals surface area (Å²) in [5.74, 6) is -0.942. The van der Waals surface area contributed by atoms with Crippen molar-refractivity contribution < 1.29 is 43.2 Å². The van der Waals surface area contributed by atoms with Crippen LogP contribution in [-0.2, 0) is 38.1 Å². The van der Waals surface area contributed by atoms with Crippen molar-refractivity contribution in [3.05, 3.63) is 0 Å². The highest BCUT2D eigenvalue weighted by molar-refractivity contribution is 5.75. The van der Waals surface area contributed by atoms with Crippen LogP contribution in [0.3, 0.4) is 0 Å². The summed E-state index contributed by atoms with van der Waals surface area (Å²) in [6.45, 7) is 17.4. The molecule has 0 aromatic rings. The third-order valence-electron chi connectivity index (χ3n) is 12.6. The zero-order chi connectivity index (χ0) is 32.7. The summed E-state index contributed by atoms with van der Waals surface area (Å²) in [6, 6.07) is 0. The molecule has 0 spiro atoms. The molecule has 4 rings (SSSR count). The number of carbonyl (C=O) groups is 4. The summed E-state index contributed by atoms with van der Waals surface area (Å²) >= 11 is 0. The number of aliphatic hydroxyl groups excluding tert-OH is 1. The minimum atomic E-state index is -0.748. The van der Waals surface area contributed by atoms with Crippen LogP contribution in [0.25, 0.3) is 0 Å². The van der Waals surface area contributed by atoms with E-state index in [-0.39, 0.29) is 65.2 Å². The third-order valence-corrected chi connectivity index (χ3v) is 12.6. The van der Waals surface area contributed by atoms with E-state index in [4.69, 9.17) is 18.9 Å². The van der Waals surface area contributed by atoms with E-state index in [1.54, 1.807) is 0 Å². The Hall–Kier alpha value is -2.16. The Kier molecular flexibility index (Phi) is 10.5. The normalized spacial score (nSPS) is 39.3. The van der Waals surface area contributed by atoms with Crippen molar-refractivity contribution in [3.63, 3.8) is 0 Å². The van der Waals surface area contributed by atoms with Crippen molar-refractivity contribution in [1.82, 2.24) is 0 Å². The standard InChI is InChI=1S/C35H56O9/c1-10-23(18(2)3)31(39)32(44-22(7)38)19(4)25-11-12-26-24-17-41-33(40)28-15-29(42-20(5)36)30(43-21(6)37)16-35(28,9)27(24)13-14-34(25,26)8/h18-19,23-32,39H,10-17H2,1-9H3/t19-,23-,24?,25+,26?,27?,28?,29-,30+,31?,32?,34+,35+/m0/s1. The number of aliphatic hydroxyl groups is 1. The maximum atomic E-state index is 13.6. The molecule has 13 atom stereocenters. The van der Waals surface area contributed by atoms with E-state index in [1.807, 2.05) is 0 Å². The molecule has 250 valence electrons. The van der Waals surface area contributed by atoms with Gasteiger partial charge in [-0.25, -0.2) is 0 Å². The van der Waals surface area contributed by atoms with Gasteiger partial charge in [-0.1, -0.05) is 48.0 Å². The van der Waals surface area contributed by atoms with Crippen LogP contribution >= 0.6 is 0 Å². The minimum Gasteiger partial charge on any atom is -0.465 e. The predicted octanol–water partition coefficient (Wildman–Crippen LogP) is 5.49. The average Bonchev–Trinajstić information content (AvgIpc) is 3.22. The van der Waals surface area contributed by atoms with Gasteiger partial charge in [0, 0.05) is 27.2 Å². The first kappa shape index (κ1) is 34.7. The summed E-state index contributed by atoms with van der Waals surface area (Å²) in [4.78, 5) is 49.9. The zero-order valence-electron chi connectivity index (χ0n) is 28.3. The molecule has 9 nitrogen and oxygen atoms in total. The molecule has 1 aliphatic heterocycles. The fraction of sp³-hybridized carbons (Fsp3) is 0.886. The SMILES string of the molecule is CC[C@@H](C(C)C)C(O)C(OC(C)=O)[C@@H](C)[C@H]1CCC2C3COC(=O)C4C[C@H](OC(C)=O)[C@H](OC(C)=O)C[C@]4(C)C3CC[C@@]21C. The van der Waals surface area contributed by atoms with Gasteiger partial charge in [-0.05, 0) is 84.4 Å². The molecule has 1 saturated heterocycles. The van der Waals surface area contributed by atoms with Gasteiger partial charge >= 0.3 is 23.9 Å². The second-order valence-electron chi connectivity index (χ2n) is 15.3. The molecule has 3 aliphatic carbocycles. The lowest BCUT2D eigenvalue weighted by Crippen LogP contribution is -2.56. The Morgan fingerprint density at radius 3 is 2.11 bits per heavy atom. The van der Waals surface area contributed by atoms with Crippen LogP contribution in [0.2, 0.25) is 0 Å². The summed E-state index contributed by atoms with van der Waals surface area (Å²) in [5, 5.41) is 11.6. The largest absolute Gasteiger partial charge is 0.465 e. The van der Waals surface area contributed by atoms with Gasteiger partial charge in [-0.3, -0.25) is 19.2 Å². The molecule has 44 heavy (non-hydrogen) atoms. The third kappa shape index (κ3) is 6.41. The average molecular weight is 621 g/mol. The van der Waals surface area contributed by atoms with Gasteiger partial charge in [0.2, 0.25) is 0 Å². The van der Waals surface area contributed by atoms with Gasteiger partial charge < -0.3 is 24.1 Å². The molecule has 9 heteroatoms. The number of carbonyl (C=O) groups excluding carboxylic acids is 4. The Balaban J connectivity index is 1.63. The molecule has 0 amide bonds. The van der Waals surface area contributed by atoms with Crippen LogP contribution < -0.4 is 0 Å². The van der Waals surface area contributed by atoms with Gasteiger partial charge in [0.25, 0.3) is 0 Å². The monoisotopic (exact) mass is 620 g/mol. The Bertz CT molecular complexity index is 1090. The summed E-state index contributed by atoms with van der Waals surface area (Å²) in [5.41, 5.74) is -0.562. The van der Waals surface area contributed by atoms with Gasteiger partial charge in [-0.2, -0.15) is 0 Å². The summed E-state index contributed by atoms with van der Waals surface area (Å²) < 4.78 is 23.3. The maximum Gasteiger partial charge on any atom is 0.309 e. The fourth-order valence-electron chi connectivity index (χ4n) is 10.6. The summed E-state index contributed by atoms with van der Waals surface area (Å²) in [6.07, 6.45) is 2.62. The van der Waals surface area contributed by atoms with Crippen LogP contribution in [0.4, 0.5) is 0 Å². The number of cyclic esters (lactones) is 1. The lowest BCUT2D eigenvalue weighted by molar-refractivity contribution is -0.188. The van der Waals surface area contributed by atoms with Gasteiger partial charge in [0.05, 0.1) is 18.6 Å². The smallest absolute Gasteiger partial charge is 0.309 e. The molecular weight excluding hydrogens is 564 g/mol. The van der Waals surface area contributed by atoms with Crippen molar-refractivity contribution in [2.75, 3.05) is 6.61 Å². The predicted molar refractivity (Wildman–Crippen MR) is 163 cm³/mol. The Labute approximate surface area is 263 Å². The van der Waals surface area contributed by atoms with E-state index in [0.29, 0.717) is 13.0 Å². The highest BCUT2D eigenvalue weighted by Crippen LogP contribution is 2.66.